The third-order valence-electron chi connectivity index (χ3n) is 3.45. The zero-order valence-electron chi connectivity index (χ0n) is 14.7. The van der Waals surface area contributed by atoms with Crippen LogP contribution in [0.3, 0.4) is 0 Å². The summed E-state index contributed by atoms with van der Waals surface area (Å²) >= 11 is 0. The van der Waals surface area contributed by atoms with Gasteiger partial charge in [0.2, 0.25) is 11.8 Å². The predicted molar refractivity (Wildman–Crippen MR) is 92.7 cm³/mol. The van der Waals surface area contributed by atoms with Gasteiger partial charge < -0.3 is 19.5 Å². The van der Waals surface area contributed by atoms with Crippen LogP contribution in [0.25, 0.3) is 0 Å². The SMILES string of the molecule is CC(C)(C)N(CC(=O)Nc1ccon1)C(=O)COCc1ccccc1. The first-order valence-corrected chi connectivity index (χ1v) is 7.98. The quantitative estimate of drug-likeness (QED) is 0.833. The highest BCUT2D eigenvalue weighted by atomic mass is 16.5. The van der Waals surface area contributed by atoms with Crippen molar-refractivity contribution < 1.29 is 18.8 Å². The maximum absolute atomic E-state index is 12.5. The summed E-state index contributed by atoms with van der Waals surface area (Å²) in [5.74, 6) is -0.286. The Morgan fingerprint density at radius 2 is 1.92 bits per heavy atom. The Morgan fingerprint density at radius 3 is 2.52 bits per heavy atom. The Kier molecular flexibility index (Phi) is 6.30. The second kappa shape index (κ2) is 8.43. The molecule has 2 rings (SSSR count). The van der Waals surface area contributed by atoms with Gasteiger partial charge in [-0.1, -0.05) is 35.5 Å². The van der Waals surface area contributed by atoms with Crippen molar-refractivity contribution in [3.8, 4) is 0 Å². The lowest BCUT2D eigenvalue weighted by molar-refractivity contribution is -0.144. The average molecular weight is 345 g/mol. The average Bonchev–Trinajstić information content (AvgIpc) is 3.05. The van der Waals surface area contributed by atoms with E-state index in [9.17, 15) is 9.59 Å². The van der Waals surface area contributed by atoms with Gasteiger partial charge in [-0.2, -0.15) is 0 Å². The molecule has 0 saturated heterocycles. The number of amides is 2. The van der Waals surface area contributed by atoms with E-state index in [4.69, 9.17) is 4.74 Å². The Morgan fingerprint density at radius 1 is 1.20 bits per heavy atom. The van der Waals surface area contributed by atoms with E-state index >= 15 is 0 Å². The lowest BCUT2D eigenvalue weighted by Crippen LogP contribution is -2.50. The maximum atomic E-state index is 12.5. The lowest BCUT2D eigenvalue weighted by Gasteiger charge is -2.35. The van der Waals surface area contributed by atoms with Crippen LogP contribution >= 0.6 is 0 Å². The van der Waals surface area contributed by atoms with Gasteiger partial charge in [-0.25, -0.2) is 0 Å². The van der Waals surface area contributed by atoms with Crippen LogP contribution in [-0.4, -0.2) is 40.6 Å². The minimum atomic E-state index is -0.519. The zero-order valence-corrected chi connectivity index (χ0v) is 14.7. The van der Waals surface area contributed by atoms with Gasteiger partial charge in [0, 0.05) is 11.6 Å². The summed E-state index contributed by atoms with van der Waals surface area (Å²) in [5.41, 5.74) is 0.468. The number of rotatable bonds is 7. The van der Waals surface area contributed by atoms with Crippen LogP contribution in [0, 0.1) is 0 Å². The van der Waals surface area contributed by atoms with Crippen molar-refractivity contribution in [2.75, 3.05) is 18.5 Å². The van der Waals surface area contributed by atoms with Gasteiger partial charge in [-0.3, -0.25) is 9.59 Å². The fourth-order valence-electron chi connectivity index (χ4n) is 2.21. The summed E-state index contributed by atoms with van der Waals surface area (Å²) in [6, 6.07) is 11.1. The fourth-order valence-corrected chi connectivity index (χ4v) is 2.21. The molecule has 1 aromatic carbocycles. The van der Waals surface area contributed by atoms with Crippen LogP contribution in [-0.2, 0) is 20.9 Å². The van der Waals surface area contributed by atoms with Crippen LogP contribution in [0.4, 0.5) is 5.82 Å². The van der Waals surface area contributed by atoms with Gasteiger partial charge in [0.25, 0.3) is 0 Å². The maximum Gasteiger partial charge on any atom is 0.249 e. The number of benzene rings is 1. The number of nitrogens with one attached hydrogen (secondary N) is 1. The topological polar surface area (TPSA) is 84.7 Å². The number of hydrogen-bond donors (Lipinski definition) is 1. The Balaban J connectivity index is 1.89. The van der Waals surface area contributed by atoms with Crippen LogP contribution < -0.4 is 5.32 Å². The summed E-state index contributed by atoms with van der Waals surface area (Å²) in [6.07, 6.45) is 1.36. The number of carbonyl (C=O) groups is 2. The van der Waals surface area contributed by atoms with Gasteiger partial charge in [-0.05, 0) is 26.3 Å². The second-order valence-corrected chi connectivity index (χ2v) is 6.56. The van der Waals surface area contributed by atoms with E-state index in [0.29, 0.717) is 12.4 Å². The summed E-state index contributed by atoms with van der Waals surface area (Å²) in [6.45, 7) is 5.76. The highest BCUT2D eigenvalue weighted by molar-refractivity contribution is 5.94. The fraction of sp³-hybridized carbons (Fsp3) is 0.389. The van der Waals surface area contributed by atoms with Crippen LogP contribution in [0.5, 0.6) is 0 Å². The first-order valence-electron chi connectivity index (χ1n) is 7.98. The number of anilines is 1. The smallest absolute Gasteiger partial charge is 0.249 e. The normalized spacial score (nSPS) is 11.2. The first kappa shape index (κ1) is 18.7. The number of carbonyl (C=O) groups excluding carboxylic acids is 2. The molecule has 0 aliphatic rings. The molecule has 2 aromatic rings. The van der Waals surface area contributed by atoms with E-state index in [0.717, 1.165) is 5.56 Å². The number of nitrogens with zero attached hydrogens (tertiary/aromatic N) is 2. The molecule has 134 valence electrons. The molecule has 0 aliphatic carbocycles. The van der Waals surface area contributed by atoms with E-state index in [1.165, 1.54) is 17.2 Å². The third kappa shape index (κ3) is 6.04. The summed E-state index contributed by atoms with van der Waals surface area (Å²) < 4.78 is 10.2. The molecular formula is C18H23N3O4. The summed E-state index contributed by atoms with van der Waals surface area (Å²) in [5, 5.41) is 6.20. The van der Waals surface area contributed by atoms with Gasteiger partial charge in [0.1, 0.15) is 19.4 Å². The van der Waals surface area contributed by atoms with Crippen molar-refractivity contribution in [2.24, 2.45) is 0 Å². The van der Waals surface area contributed by atoms with E-state index in [-0.39, 0.29) is 25.0 Å². The van der Waals surface area contributed by atoms with Gasteiger partial charge in [0.15, 0.2) is 5.82 Å². The lowest BCUT2D eigenvalue weighted by atomic mass is 10.1. The third-order valence-corrected chi connectivity index (χ3v) is 3.45. The van der Waals surface area contributed by atoms with Gasteiger partial charge in [0.05, 0.1) is 6.61 Å². The van der Waals surface area contributed by atoms with Crippen molar-refractivity contribution in [1.82, 2.24) is 10.1 Å². The molecule has 0 radical (unpaired) electrons. The van der Waals surface area contributed by atoms with Crippen molar-refractivity contribution >= 4 is 17.6 Å². The van der Waals surface area contributed by atoms with E-state index in [1.54, 1.807) is 0 Å². The summed E-state index contributed by atoms with van der Waals surface area (Å²) in [4.78, 5) is 26.1. The molecule has 0 spiro atoms. The molecule has 2 amide bonds. The first-order chi connectivity index (χ1) is 11.9. The Labute approximate surface area is 146 Å². The standard InChI is InChI=1S/C18H23N3O4/c1-18(2,3)21(11-16(22)19-15-9-10-25-20-15)17(23)13-24-12-14-7-5-4-6-8-14/h4-10H,11-13H2,1-3H3,(H,19,20,22). The van der Waals surface area contributed by atoms with Crippen molar-refractivity contribution in [3.63, 3.8) is 0 Å². The second-order valence-electron chi connectivity index (χ2n) is 6.56. The van der Waals surface area contributed by atoms with E-state index < -0.39 is 5.54 Å². The number of ether oxygens (including phenoxy) is 1. The molecule has 0 fully saturated rings. The highest BCUT2D eigenvalue weighted by Crippen LogP contribution is 2.14. The molecular weight excluding hydrogens is 322 g/mol. The molecule has 7 nitrogen and oxygen atoms in total. The molecule has 25 heavy (non-hydrogen) atoms. The van der Waals surface area contributed by atoms with Crippen molar-refractivity contribution in [1.29, 1.82) is 0 Å². The Bertz CT molecular complexity index is 678. The van der Waals surface area contributed by atoms with Crippen molar-refractivity contribution in [3.05, 3.63) is 48.2 Å². The predicted octanol–water partition coefficient (Wildman–Crippen LogP) is 2.46. The molecule has 0 atom stereocenters. The zero-order chi connectivity index (χ0) is 18.3. The molecule has 0 saturated carbocycles. The van der Waals surface area contributed by atoms with Crippen molar-refractivity contribution in [2.45, 2.75) is 32.9 Å². The Hall–Kier alpha value is -2.67. The van der Waals surface area contributed by atoms with Crippen LogP contribution in [0.2, 0.25) is 0 Å². The largest absolute Gasteiger partial charge is 0.367 e. The minimum Gasteiger partial charge on any atom is -0.367 e. The van der Waals surface area contributed by atoms with E-state index in [1.807, 2.05) is 51.1 Å². The minimum absolute atomic E-state index is 0.0934. The molecule has 0 unspecified atom stereocenters. The van der Waals surface area contributed by atoms with Gasteiger partial charge >= 0.3 is 0 Å². The van der Waals surface area contributed by atoms with Crippen LogP contribution in [0.15, 0.2) is 47.2 Å². The molecule has 1 N–H and O–H groups in total. The molecule has 0 bridgehead atoms. The van der Waals surface area contributed by atoms with E-state index in [2.05, 4.69) is 15.0 Å². The van der Waals surface area contributed by atoms with Gasteiger partial charge in [-0.15, -0.1) is 0 Å². The summed E-state index contributed by atoms with van der Waals surface area (Å²) in [7, 11) is 0. The molecule has 1 heterocycles. The molecule has 0 aliphatic heterocycles. The number of aromatic nitrogens is 1. The molecule has 7 heteroatoms. The highest BCUT2D eigenvalue weighted by Gasteiger charge is 2.28. The molecule has 1 aromatic heterocycles. The van der Waals surface area contributed by atoms with Crippen LogP contribution in [0.1, 0.15) is 26.3 Å². The monoisotopic (exact) mass is 345 g/mol. The number of hydrogen-bond acceptors (Lipinski definition) is 5.